The third-order valence-electron chi connectivity index (χ3n) is 3.05. The van der Waals surface area contributed by atoms with E-state index < -0.39 is 0 Å². The van der Waals surface area contributed by atoms with Crippen LogP contribution in [-0.4, -0.2) is 18.9 Å². The molecule has 0 aliphatic heterocycles. The monoisotopic (exact) mass is 287 g/mol. The molecule has 0 atom stereocenters. The normalized spacial score (nSPS) is 10.2. The average Bonchev–Trinajstić information content (AvgIpc) is 2.97. The largest absolute Gasteiger partial charge is 0.455 e. The van der Waals surface area contributed by atoms with Crippen molar-refractivity contribution in [1.82, 2.24) is 5.32 Å². The lowest BCUT2D eigenvalue weighted by Gasteiger charge is -2.09. The van der Waals surface area contributed by atoms with Crippen LogP contribution in [0.4, 0.5) is 5.69 Å². The van der Waals surface area contributed by atoms with Gasteiger partial charge in [-0.3, -0.25) is 9.59 Å². The number of carbonyl (C=O) groups excluding carboxylic acids is 2. The molecule has 0 fully saturated rings. The maximum Gasteiger partial charge on any atom is 0.291 e. The molecule has 6 heteroatoms. The topological polar surface area (TPSA) is 97.4 Å². The van der Waals surface area contributed by atoms with Crippen LogP contribution < -0.4 is 16.4 Å². The molecule has 0 aliphatic carbocycles. The number of anilines is 1. The standard InChI is InChI=1S/C15H17N3O3/c1-9-7-10(14(19)17-2)3-5-12(9)18-15(20)13-6-4-11(8-16)21-13/h3-7H,8,16H2,1-2H3,(H,17,19)(H,18,20). The Bertz CT molecular complexity index is 677. The molecule has 110 valence electrons. The summed E-state index contributed by atoms with van der Waals surface area (Å²) in [6.07, 6.45) is 0. The van der Waals surface area contributed by atoms with E-state index in [9.17, 15) is 9.59 Å². The number of benzene rings is 1. The van der Waals surface area contributed by atoms with Gasteiger partial charge in [-0.2, -0.15) is 0 Å². The number of rotatable bonds is 4. The van der Waals surface area contributed by atoms with Crippen LogP contribution in [0.5, 0.6) is 0 Å². The Morgan fingerprint density at radius 1 is 1.19 bits per heavy atom. The van der Waals surface area contributed by atoms with Crippen LogP contribution in [0.2, 0.25) is 0 Å². The third-order valence-corrected chi connectivity index (χ3v) is 3.05. The molecule has 0 radical (unpaired) electrons. The summed E-state index contributed by atoms with van der Waals surface area (Å²) in [4.78, 5) is 23.6. The second-order valence-corrected chi connectivity index (χ2v) is 4.53. The lowest BCUT2D eigenvalue weighted by atomic mass is 10.1. The molecule has 6 nitrogen and oxygen atoms in total. The van der Waals surface area contributed by atoms with Crippen LogP contribution in [-0.2, 0) is 6.54 Å². The van der Waals surface area contributed by atoms with Crippen molar-refractivity contribution in [2.45, 2.75) is 13.5 Å². The Morgan fingerprint density at radius 2 is 1.95 bits per heavy atom. The Balaban J connectivity index is 2.16. The van der Waals surface area contributed by atoms with Crippen LogP contribution in [0, 0.1) is 6.92 Å². The van der Waals surface area contributed by atoms with Gasteiger partial charge in [0.15, 0.2) is 5.76 Å². The van der Waals surface area contributed by atoms with E-state index >= 15 is 0 Å². The van der Waals surface area contributed by atoms with E-state index in [1.165, 1.54) is 0 Å². The first-order valence-electron chi connectivity index (χ1n) is 6.48. The van der Waals surface area contributed by atoms with Gasteiger partial charge < -0.3 is 20.8 Å². The van der Waals surface area contributed by atoms with Gasteiger partial charge in [-0.1, -0.05) is 0 Å². The number of nitrogens with one attached hydrogen (secondary N) is 2. The average molecular weight is 287 g/mol. The fourth-order valence-corrected chi connectivity index (χ4v) is 1.88. The number of hydrogen-bond donors (Lipinski definition) is 3. The van der Waals surface area contributed by atoms with E-state index in [1.54, 1.807) is 37.4 Å². The van der Waals surface area contributed by atoms with E-state index in [-0.39, 0.29) is 24.1 Å². The molecule has 1 aromatic carbocycles. The lowest BCUT2D eigenvalue weighted by molar-refractivity contribution is 0.0962. The number of nitrogens with two attached hydrogens (primary N) is 1. The van der Waals surface area contributed by atoms with Gasteiger partial charge in [-0.25, -0.2) is 0 Å². The quantitative estimate of drug-likeness (QED) is 0.796. The van der Waals surface area contributed by atoms with Crippen molar-refractivity contribution in [3.05, 3.63) is 53.0 Å². The van der Waals surface area contributed by atoms with Gasteiger partial charge in [-0.05, 0) is 42.8 Å². The fraction of sp³-hybridized carbons (Fsp3) is 0.200. The van der Waals surface area contributed by atoms with Gasteiger partial charge in [0.1, 0.15) is 5.76 Å². The van der Waals surface area contributed by atoms with E-state index in [2.05, 4.69) is 10.6 Å². The molecule has 0 saturated heterocycles. The summed E-state index contributed by atoms with van der Waals surface area (Å²) in [5, 5.41) is 5.29. The van der Waals surface area contributed by atoms with E-state index in [4.69, 9.17) is 10.2 Å². The molecule has 0 aliphatic rings. The van der Waals surface area contributed by atoms with Crippen LogP contribution in [0.1, 0.15) is 32.2 Å². The molecule has 0 spiro atoms. The first kappa shape index (κ1) is 14.8. The minimum atomic E-state index is -0.356. The maximum atomic E-state index is 12.0. The number of furan rings is 1. The Morgan fingerprint density at radius 3 is 2.52 bits per heavy atom. The number of amides is 2. The molecule has 21 heavy (non-hydrogen) atoms. The van der Waals surface area contributed by atoms with Crippen molar-refractivity contribution in [1.29, 1.82) is 0 Å². The molecular weight excluding hydrogens is 270 g/mol. The first-order chi connectivity index (χ1) is 10.0. The number of carbonyl (C=O) groups is 2. The fourth-order valence-electron chi connectivity index (χ4n) is 1.88. The van der Waals surface area contributed by atoms with Crippen LogP contribution in [0.15, 0.2) is 34.7 Å². The minimum Gasteiger partial charge on any atom is -0.455 e. The molecule has 2 rings (SSSR count). The van der Waals surface area contributed by atoms with Crippen molar-refractivity contribution in [3.8, 4) is 0 Å². The van der Waals surface area contributed by atoms with E-state index in [1.807, 2.05) is 6.92 Å². The second-order valence-electron chi connectivity index (χ2n) is 4.53. The SMILES string of the molecule is CNC(=O)c1ccc(NC(=O)c2ccc(CN)o2)c(C)c1. The van der Waals surface area contributed by atoms with Gasteiger partial charge in [0.2, 0.25) is 0 Å². The van der Waals surface area contributed by atoms with Crippen molar-refractivity contribution < 1.29 is 14.0 Å². The molecule has 0 saturated carbocycles. The summed E-state index contributed by atoms with van der Waals surface area (Å²) in [6, 6.07) is 8.28. The predicted octanol–water partition coefficient (Wildman–Crippen LogP) is 1.66. The summed E-state index contributed by atoms with van der Waals surface area (Å²) in [7, 11) is 1.57. The van der Waals surface area contributed by atoms with Crippen molar-refractivity contribution in [2.75, 3.05) is 12.4 Å². The van der Waals surface area contributed by atoms with Gasteiger partial charge in [0, 0.05) is 18.3 Å². The highest BCUT2D eigenvalue weighted by molar-refractivity contribution is 6.03. The van der Waals surface area contributed by atoms with Gasteiger partial charge >= 0.3 is 0 Å². The zero-order chi connectivity index (χ0) is 15.4. The highest BCUT2D eigenvalue weighted by Crippen LogP contribution is 2.18. The summed E-state index contributed by atoms with van der Waals surface area (Å²) in [5.74, 6) is 0.220. The zero-order valence-corrected chi connectivity index (χ0v) is 11.9. The third kappa shape index (κ3) is 3.29. The molecule has 0 bridgehead atoms. The Labute approximate surface area is 122 Å². The van der Waals surface area contributed by atoms with Gasteiger partial charge in [-0.15, -0.1) is 0 Å². The predicted molar refractivity (Wildman–Crippen MR) is 79.1 cm³/mol. The lowest BCUT2D eigenvalue weighted by Crippen LogP contribution is -2.18. The minimum absolute atomic E-state index is 0.172. The smallest absolute Gasteiger partial charge is 0.291 e. The molecule has 1 aromatic heterocycles. The van der Waals surface area contributed by atoms with Crippen LogP contribution in [0.25, 0.3) is 0 Å². The van der Waals surface area contributed by atoms with Crippen LogP contribution in [0.3, 0.4) is 0 Å². The van der Waals surface area contributed by atoms with Crippen molar-refractivity contribution in [2.24, 2.45) is 5.73 Å². The molecule has 2 aromatic rings. The highest BCUT2D eigenvalue weighted by Gasteiger charge is 2.13. The second kappa shape index (κ2) is 6.23. The number of hydrogen-bond acceptors (Lipinski definition) is 4. The summed E-state index contributed by atoms with van der Waals surface area (Å²) < 4.78 is 5.28. The van der Waals surface area contributed by atoms with Crippen molar-refractivity contribution >= 4 is 17.5 Å². The van der Waals surface area contributed by atoms with Crippen LogP contribution >= 0.6 is 0 Å². The zero-order valence-electron chi connectivity index (χ0n) is 11.9. The summed E-state index contributed by atoms with van der Waals surface area (Å²) in [5.41, 5.74) is 7.38. The molecule has 2 amide bonds. The van der Waals surface area contributed by atoms with Gasteiger partial charge in [0.05, 0.1) is 6.54 Å². The summed E-state index contributed by atoms with van der Waals surface area (Å²) >= 11 is 0. The van der Waals surface area contributed by atoms with Gasteiger partial charge in [0.25, 0.3) is 11.8 Å². The Kier molecular flexibility index (Phi) is 4.39. The molecular formula is C15H17N3O3. The first-order valence-corrected chi connectivity index (χ1v) is 6.48. The molecule has 4 N–H and O–H groups in total. The van der Waals surface area contributed by atoms with Crippen molar-refractivity contribution in [3.63, 3.8) is 0 Å². The Hall–Kier alpha value is -2.60. The molecule has 1 heterocycles. The molecule has 0 unspecified atom stereocenters. The maximum absolute atomic E-state index is 12.0. The van der Waals surface area contributed by atoms with E-state index in [0.717, 1.165) is 5.56 Å². The highest BCUT2D eigenvalue weighted by atomic mass is 16.4. The number of aryl methyl sites for hydroxylation is 1. The van der Waals surface area contributed by atoms with E-state index in [0.29, 0.717) is 17.0 Å². The summed E-state index contributed by atoms with van der Waals surface area (Å²) in [6.45, 7) is 2.06.